The zero-order valence-corrected chi connectivity index (χ0v) is 61.3. The predicted molar refractivity (Wildman–Crippen MR) is 389 cm³/mol. The van der Waals surface area contributed by atoms with E-state index in [9.17, 15) is 70.2 Å². The van der Waals surface area contributed by atoms with Gasteiger partial charge in [-0.3, -0.25) is 33.6 Å². The number of carbonyl (C=O) groups excluding carboxylic acids is 7. The Morgan fingerprint density at radius 2 is 1.37 bits per heavy atom. The highest BCUT2D eigenvalue weighted by Gasteiger charge is 2.52. The standard InChI is InChI=1S/C75H83Cl2N9O25/c1-6-7-17-105-38-10-8-9-32(18-38)28-80-75(5)27-52(106-31(4)66(75)96)110-65-63(95)62(94)50(29-87)109-74(65)111-64-48-22-36-23-49(64)108-47-16-13-35(21-42(47)77)61(93)59-72(102)85-58(71(101)82-55(30(2)3)73(103)104)40-24-37(88)25-45(90)53(40)39-19-33(11-14-44(39)89)56(69(99)86-59)84-70(100)57(36)83-67(97)43(26-51(78)91)81-68(98)54(79)60(92)34-12-15-46(107-48)41(76)20-34/h6,8-16,18-25,30-31,43,50,52,54-63,65-66,74,80,87-90,92-96H,1,7,17,26-29,79H2,2-5H3,(H2,78,91)(H,81,98)(H,82,101)(H,83,97)(H,84,100)(H,85,102)(H,86,99)(H,103,104)/t31-,43-,50+,52-,54+,55-,56+,57+,58-,59-,60+,61+,62+,63-,65+,66+,74-,75-/m0/s1. The highest BCUT2D eigenvalue weighted by Crippen LogP contribution is 2.50. The number of amides is 7. The molecule has 34 nitrogen and oxygen atoms in total. The number of halogens is 2. The number of aliphatic carboxylic acids is 1. The zero-order valence-electron chi connectivity index (χ0n) is 59.7. The van der Waals surface area contributed by atoms with Gasteiger partial charge in [0.05, 0.1) is 41.9 Å². The number of nitrogens with two attached hydrogens (primary N) is 2. The molecule has 0 radical (unpaired) electrons. The van der Waals surface area contributed by atoms with Gasteiger partial charge in [0.1, 0.15) is 107 Å². The van der Waals surface area contributed by atoms with Crippen LogP contribution in [-0.2, 0) is 59.1 Å². The van der Waals surface area contributed by atoms with Gasteiger partial charge in [-0.2, -0.15) is 0 Å². The fourth-order valence-corrected chi connectivity index (χ4v) is 14.0. The van der Waals surface area contributed by atoms with Crippen molar-refractivity contribution < 1.29 is 123 Å². The number of rotatable bonds is 18. The van der Waals surface area contributed by atoms with Crippen molar-refractivity contribution in [2.24, 2.45) is 17.4 Å². The second kappa shape index (κ2) is 34.0. The molecular formula is C75H83Cl2N9O25. The molecule has 2 fully saturated rings. The molecule has 7 aliphatic rings. The Morgan fingerprint density at radius 1 is 0.730 bits per heavy atom. The van der Waals surface area contributed by atoms with Crippen LogP contribution < -0.4 is 67.6 Å². The quantitative estimate of drug-likeness (QED) is 0.0433. The van der Waals surface area contributed by atoms with Crippen LogP contribution in [0.15, 0.2) is 116 Å². The van der Waals surface area contributed by atoms with E-state index in [0.29, 0.717) is 18.8 Å². The highest BCUT2D eigenvalue weighted by atomic mass is 35.5. The lowest BCUT2D eigenvalue weighted by Crippen LogP contribution is -2.65. The number of carbonyl (C=O) groups is 8. The molecule has 6 aromatic carbocycles. The number of primary amides is 1. The average Bonchev–Trinajstić information content (AvgIpc) is 0.770. The normalized spacial score (nSPS) is 27.7. The Morgan fingerprint density at radius 3 is 2.00 bits per heavy atom. The van der Waals surface area contributed by atoms with Crippen molar-refractivity contribution in [1.29, 1.82) is 0 Å². The van der Waals surface area contributed by atoms with Gasteiger partial charge in [-0.05, 0) is 126 Å². The Bertz CT molecular complexity index is 4600. The van der Waals surface area contributed by atoms with Crippen molar-refractivity contribution in [3.63, 3.8) is 0 Å². The lowest BCUT2D eigenvalue weighted by Gasteiger charge is -2.48. The van der Waals surface area contributed by atoms with Gasteiger partial charge in [-0.15, -0.1) is 6.58 Å². The number of hydrogen-bond donors (Lipinski definition) is 19. The average molecular weight is 1580 g/mol. The largest absolute Gasteiger partial charge is 0.508 e. The maximum absolute atomic E-state index is 16.1. The van der Waals surface area contributed by atoms with E-state index in [1.807, 2.05) is 12.1 Å². The van der Waals surface area contributed by atoms with E-state index in [-0.39, 0.29) is 40.4 Å². The number of aliphatic hydroxyl groups is 6. The van der Waals surface area contributed by atoms with Gasteiger partial charge < -0.3 is 133 Å². The molecule has 18 atom stereocenters. The van der Waals surface area contributed by atoms with Crippen molar-refractivity contribution in [3.8, 4) is 62.9 Å². The number of ether oxygens (including phenoxy) is 7. The molecule has 21 N–H and O–H groups in total. The van der Waals surface area contributed by atoms with E-state index in [4.69, 9.17) is 67.8 Å². The van der Waals surface area contributed by atoms with Crippen LogP contribution in [0.1, 0.15) is 111 Å². The molecule has 11 bridgehead atoms. The van der Waals surface area contributed by atoms with Gasteiger partial charge in [-0.25, -0.2) is 4.79 Å². The van der Waals surface area contributed by atoms with Crippen LogP contribution in [0.25, 0.3) is 11.1 Å². The smallest absolute Gasteiger partial charge is 0.326 e. The first-order chi connectivity index (χ1) is 52.6. The molecule has 13 rings (SSSR count). The molecule has 7 heterocycles. The maximum atomic E-state index is 16.1. The van der Waals surface area contributed by atoms with E-state index < -0.39 is 243 Å². The highest BCUT2D eigenvalue weighted by molar-refractivity contribution is 6.32. The summed E-state index contributed by atoms with van der Waals surface area (Å²) in [6.45, 7) is 9.48. The summed E-state index contributed by atoms with van der Waals surface area (Å²) in [4.78, 5) is 117. The van der Waals surface area contributed by atoms with Crippen molar-refractivity contribution >= 4 is 70.5 Å². The van der Waals surface area contributed by atoms with Crippen molar-refractivity contribution in [3.05, 3.63) is 159 Å². The maximum Gasteiger partial charge on any atom is 0.326 e. The van der Waals surface area contributed by atoms with Gasteiger partial charge in [-0.1, -0.05) is 73.5 Å². The summed E-state index contributed by atoms with van der Waals surface area (Å²) in [6.07, 6.45) is -16.3. The van der Waals surface area contributed by atoms with Crippen LogP contribution in [0.5, 0.6) is 51.7 Å². The Balaban J connectivity index is 1.11. The van der Waals surface area contributed by atoms with Crippen molar-refractivity contribution in [1.82, 2.24) is 37.2 Å². The Hall–Kier alpha value is -10.4. The molecule has 7 amide bonds. The molecule has 2 saturated heterocycles. The lowest BCUT2D eigenvalue weighted by atomic mass is 9.84. The van der Waals surface area contributed by atoms with Gasteiger partial charge in [0.15, 0.2) is 23.9 Å². The summed E-state index contributed by atoms with van der Waals surface area (Å²) < 4.78 is 45.1. The number of hydrogen-bond acceptors (Lipinski definition) is 26. The molecule has 0 aromatic heterocycles. The Labute approximate surface area is 642 Å². The molecule has 36 heteroatoms. The van der Waals surface area contributed by atoms with Crippen LogP contribution in [0.3, 0.4) is 0 Å². The topological polar surface area (TPSA) is 540 Å². The van der Waals surface area contributed by atoms with Crippen LogP contribution >= 0.6 is 23.2 Å². The van der Waals surface area contributed by atoms with Crippen LogP contribution in [0.4, 0.5) is 0 Å². The minimum absolute atomic E-state index is 0.108. The lowest BCUT2D eigenvalue weighted by molar-refractivity contribution is -0.334. The van der Waals surface area contributed by atoms with E-state index in [1.54, 1.807) is 32.1 Å². The van der Waals surface area contributed by atoms with Gasteiger partial charge in [0.2, 0.25) is 53.4 Å². The minimum Gasteiger partial charge on any atom is -0.508 e. The number of fused-ring (bicyclic) bond motifs is 15. The number of aromatic hydroxyl groups is 3. The fraction of sp³-hybridized carbons (Fsp3) is 0.387. The summed E-state index contributed by atoms with van der Waals surface area (Å²) in [7, 11) is 0. The molecule has 0 spiro atoms. The third-order valence-electron chi connectivity index (χ3n) is 19.5. The Kier molecular flexibility index (Phi) is 25.0. The summed E-state index contributed by atoms with van der Waals surface area (Å²) in [5.74, 6) is -16.2. The van der Waals surface area contributed by atoms with Crippen molar-refractivity contribution in [2.45, 2.75) is 163 Å². The molecule has 6 aromatic rings. The SMILES string of the molecule is C=CCCOc1cccc(CN[C@@]2(C)C[C@H](O[C@H]3[C@H](Oc4c5cc6cc4Oc4ccc(cc4Cl)[C@@H](O)[C@@H](N)C(=O)N[C@@H](CC(N)=O)C(=O)N[C@H]6C(=O)N[C@H]4C(=O)N[C@H](C(=O)N[C@H](C(=O)N[C@H](C(=O)O)C(C)C)c6cc(O)cc(O)c6-c6cc4ccc6O)[C@H](O)c4ccc(c(Cl)c4)O5)O[C@H](CO)[C@@H](O)[C@@H]3O)O[C@@H](C)[C@H]2O)c1. The number of benzene rings is 6. The first-order valence-electron chi connectivity index (χ1n) is 35.0. The number of phenolic OH excluding ortho intramolecular Hbond substituents is 3. The number of carboxylic acids is 1. The fourth-order valence-electron chi connectivity index (χ4n) is 13.5. The first kappa shape index (κ1) is 81.5. The van der Waals surface area contributed by atoms with Gasteiger partial charge in [0, 0.05) is 35.7 Å². The number of carboxylic acid groups (broad SMARTS) is 1. The second-order valence-corrected chi connectivity index (χ2v) is 28.7. The predicted octanol–water partition coefficient (Wildman–Crippen LogP) is 2.24. The third-order valence-corrected chi connectivity index (χ3v) is 20.1. The summed E-state index contributed by atoms with van der Waals surface area (Å²) >= 11 is 14.1. The van der Waals surface area contributed by atoms with Crippen molar-refractivity contribution in [2.75, 3.05) is 13.2 Å². The second-order valence-electron chi connectivity index (χ2n) is 27.9. The molecule has 111 heavy (non-hydrogen) atoms. The molecule has 0 unspecified atom stereocenters. The van der Waals surface area contributed by atoms with Crippen LogP contribution in [0.2, 0.25) is 10.0 Å². The summed E-state index contributed by atoms with van der Waals surface area (Å²) in [5, 5.41) is 133. The molecule has 0 saturated carbocycles. The molecule has 592 valence electrons. The van der Waals surface area contributed by atoms with Crippen LogP contribution in [0, 0.1) is 5.92 Å². The number of aliphatic hydroxyl groups excluding tert-OH is 6. The monoisotopic (exact) mass is 1580 g/mol. The summed E-state index contributed by atoms with van der Waals surface area (Å²) in [5.41, 5.74) is 8.75. The number of nitrogens with one attached hydrogen (secondary N) is 7. The molecular weight excluding hydrogens is 1500 g/mol. The van der Waals surface area contributed by atoms with Gasteiger partial charge >= 0.3 is 5.97 Å². The van der Waals surface area contributed by atoms with E-state index in [0.717, 1.165) is 72.3 Å². The number of phenols is 3. The minimum atomic E-state index is -2.33. The molecule has 7 aliphatic heterocycles. The van der Waals surface area contributed by atoms with Crippen LogP contribution in [-0.4, -0.2) is 191 Å². The first-order valence-corrected chi connectivity index (χ1v) is 35.7. The van der Waals surface area contributed by atoms with E-state index >= 15 is 19.2 Å². The summed E-state index contributed by atoms with van der Waals surface area (Å²) in [6, 6.07) is 6.25. The van der Waals surface area contributed by atoms with E-state index in [1.165, 1.54) is 26.0 Å². The zero-order chi connectivity index (χ0) is 80.4. The van der Waals surface area contributed by atoms with E-state index in [2.05, 4.69) is 43.8 Å². The van der Waals surface area contributed by atoms with Gasteiger partial charge in [0.25, 0.3) is 0 Å². The molecule has 0 aliphatic carbocycles. The third kappa shape index (κ3) is 17.8.